The summed E-state index contributed by atoms with van der Waals surface area (Å²) in [6.07, 6.45) is -7.46. The second-order valence-electron chi connectivity index (χ2n) is 3.33. The van der Waals surface area contributed by atoms with E-state index in [2.05, 4.69) is 15.1 Å². The van der Waals surface area contributed by atoms with Gasteiger partial charge in [0.05, 0.1) is 0 Å². The standard InChI is InChI=1S/C7H7N7O8/c8-12-10-4(18)2(16)1(15)3(17)6(20)14(22)7(21)5(19)11-13-9/h1-2,4,15-16,18,22H/t1-,2?,4?/m1/s1. The first-order valence-electron chi connectivity index (χ1n) is 4.98. The van der Waals surface area contributed by atoms with Crippen LogP contribution < -0.4 is 0 Å². The van der Waals surface area contributed by atoms with Crippen LogP contribution in [-0.2, 0) is 19.2 Å². The van der Waals surface area contributed by atoms with Gasteiger partial charge in [0, 0.05) is 9.82 Å². The summed E-state index contributed by atoms with van der Waals surface area (Å²) < 4.78 is 0. The van der Waals surface area contributed by atoms with Crippen molar-refractivity contribution in [3.63, 3.8) is 0 Å². The number of amides is 3. The molecule has 0 aromatic carbocycles. The molecule has 3 atom stereocenters. The fourth-order valence-electron chi connectivity index (χ4n) is 0.936. The van der Waals surface area contributed by atoms with E-state index in [-0.39, 0.29) is 0 Å². The van der Waals surface area contributed by atoms with E-state index in [1.165, 1.54) is 0 Å². The molecule has 0 bridgehead atoms. The zero-order chi connectivity index (χ0) is 17.4. The number of aliphatic hydroxyl groups excluding tert-OH is 3. The minimum absolute atomic E-state index is 1.06. The molecule has 118 valence electrons. The van der Waals surface area contributed by atoms with Gasteiger partial charge in [0.15, 0.2) is 12.3 Å². The zero-order valence-corrected chi connectivity index (χ0v) is 10.3. The molecule has 15 nitrogen and oxygen atoms in total. The van der Waals surface area contributed by atoms with Gasteiger partial charge in [-0.2, -0.15) is 0 Å². The van der Waals surface area contributed by atoms with E-state index in [0.29, 0.717) is 0 Å². The molecule has 0 aromatic heterocycles. The number of hydroxylamine groups is 2. The Kier molecular flexibility index (Phi) is 7.13. The predicted octanol–water partition coefficient (Wildman–Crippen LogP) is -2.51. The van der Waals surface area contributed by atoms with Crippen molar-refractivity contribution in [3.05, 3.63) is 20.9 Å². The third-order valence-corrected chi connectivity index (χ3v) is 1.98. The number of imide groups is 1. The molecule has 0 spiro atoms. The minimum Gasteiger partial charge on any atom is -0.387 e. The Hall–Kier alpha value is -3.06. The van der Waals surface area contributed by atoms with Gasteiger partial charge >= 0.3 is 17.7 Å². The van der Waals surface area contributed by atoms with Crippen LogP contribution in [0.5, 0.6) is 0 Å². The molecule has 0 fully saturated rings. The number of ketones is 1. The van der Waals surface area contributed by atoms with Crippen LogP contribution in [-0.4, -0.2) is 67.5 Å². The lowest BCUT2D eigenvalue weighted by molar-refractivity contribution is -0.185. The SMILES string of the molecule is [N-]=[N+]=NC(=O)C(=O)N(O)C(=O)C(=O)[C@H](O)C(O)C(O)N=[N+]=[N-]. The summed E-state index contributed by atoms with van der Waals surface area (Å²) in [5.41, 5.74) is 15.9. The molecule has 22 heavy (non-hydrogen) atoms. The summed E-state index contributed by atoms with van der Waals surface area (Å²) >= 11 is 0. The molecule has 0 saturated carbocycles. The summed E-state index contributed by atoms with van der Waals surface area (Å²) in [4.78, 5) is 48.4. The lowest BCUT2D eigenvalue weighted by atomic mass is 10.1. The number of hydrogen-bond donors (Lipinski definition) is 4. The van der Waals surface area contributed by atoms with E-state index in [0.717, 1.165) is 0 Å². The first-order valence-corrected chi connectivity index (χ1v) is 4.98. The molecule has 0 radical (unpaired) electrons. The number of aliphatic hydroxyl groups is 3. The van der Waals surface area contributed by atoms with Crippen molar-refractivity contribution in [2.45, 2.75) is 18.4 Å². The van der Waals surface area contributed by atoms with E-state index in [1.807, 2.05) is 4.91 Å². The van der Waals surface area contributed by atoms with Crippen LogP contribution in [0.15, 0.2) is 10.2 Å². The first-order chi connectivity index (χ1) is 10.2. The Balaban J connectivity index is 5.09. The maximum atomic E-state index is 11.3. The average molecular weight is 317 g/mol. The molecule has 0 aliphatic rings. The predicted molar refractivity (Wildman–Crippen MR) is 60.0 cm³/mol. The normalized spacial score (nSPS) is 13.6. The summed E-state index contributed by atoms with van der Waals surface area (Å²) in [5, 5.41) is 40.1. The number of azide groups is 2. The lowest BCUT2D eigenvalue weighted by Gasteiger charge is -2.19. The van der Waals surface area contributed by atoms with Crippen LogP contribution in [0, 0.1) is 0 Å². The van der Waals surface area contributed by atoms with Gasteiger partial charge in [-0.15, -0.1) is 5.06 Å². The minimum atomic E-state index is -2.69. The Morgan fingerprint density at radius 2 is 1.55 bits per heavy atom. The third kappa shape index (κ3) is 4.50. The number of carbonyl (C=O) groups excluding carboxylic acids is 4. The van der Waals surface area contributed by atoms with Crippen LogP contribution in [0.3, 0.4) is 0 Å². The second-order valence-corrected chi connectivity index (χ2v) is 3.33. The van der Waals surface area contributed by atoms with Gasteiger partial charge in [-0.3, -0.25) is 24.4 Å². The monoisotopic (exact) mass is 317 g/mol. The van der Waals surface area contributed by atoms with E-state index in [1.54, 1.807) is 0 Å². The topological polar surface area (TPSA) is 250 Å². The molecular formula is C7H7N7O8. The van der Waals surface area contributed by atoms with Crippen molar-refractivity contribution in [2.24, 2.45) is 10.2 Å². The Morgan fingerprint density at radius 3 is 2.00 bits per heavy atom. The maximum Gasteiger partial charge on any atom is 0.327 e. The van der Waals surface area contributed by atoms with Crippen LogP contribution in [0.1, 0.15) is 0 Å². The molecule has 0 aliphatic heterocycles. The van der Waals surface area contributed by atoms with Gasteiger partial charge in [-0.05, 0) is 16.2 Å². The van der Waals surface area contributed by atoms with Gasteiger partial charge in [-0.25, -0.2) is 0 Å². The number of carbonyl (C=O) groups is 4. The number of hydrogen-bond acceptors (Lipinski definition) is 9. The molecule has 2 unspecified atom stereocenters. The van der Waals surface area contributed by atoms with Gasteiger partial charge in [0.1, 0.15) is 6.10 Å². The largest absolute Gasteiger partial charge is 0.387 e. The van der Waals surface area contributed by atoms with E-state index in [4.69, 9.17) is 21.4 Å². The highest BCUT2D eigenvalue weighted by Crippen LogP contribution is 2.05. The average Bonchev–Trinajstić information content (AvgIpc) is 2.50. The van der Waals surface area contributed by atoms with E-state index >= 15 is 0 Å². The number of nitrogens with zero attached hydrogens (tertiary/aromatic N) is 7. The molecule has 0 aliphatic carbocycles. The summed E-state index contributed by atoms with van der Waals surface area (Å²) in [7, 11) is 0. The molecule has 15 heteroatoms. The summed E-state index contributed by atoms with van der Waals surface area (Å²) in [6, 6.07) is 0. The smallest absolute Gasteiger partial charge is 0.327 e. The van der Waals surface area contributed by atoms with Crippen LogP contribution in [0.2, 0.25) is 0 Å². The van der Waals surface area contributed by atoms with Gasteiger partial charge in [0.2, 0.25) is 0 Å². The highest BCUT2D eigenvalue weighted by molar-refractivity contribution is 6.46. The molecule has 0 saturated heterocycles. The van der Waals surface area contributed by atoms with Crippen molar-refractivity contribution in [1.29, 1.82) is 0 Å². The van der Waals surface area contributed by atoms with Crippen molar-refractivity contribution < 1.29 is 39.7 Å². The summed E-state index contributed by atoms with van der Waals surface area (Å²) in [6.45, 7) is 0. The van der Waals surface area contributed by atoms with Gasteiger partial charge < -0.3 is 15.3 Å². The lowest BCUT2D eigenvalue weighted by Crippen LogP contribution is -2.50. The molecular weight excluding hydrogens is 310 g/mol. The van der Waals surface area contributed by atoms with Crippen LogP contribution >= 0.6 is 0 Å². The van der Waals surface area contributed by atoms with Crippen LogP contribution in [0.25, 0.3) is 20.9 Å². The van der Waals surface area contributed by atoms with Crippen molar-refractivity contribution in [2.75, 3.05) is 0 Å². The van der Waals surface area contributed by atoms with E-state index in [9.17, 15) is 29.4 Å². The maximum absolute atomic E-state index is 11.3. The third-order valence-electron chi connectivity index (χ3n) is 1.98. The Morgan fingerprint density at radius 1 is 1.00 bits per heavy atom. The van der Waals surface area contributed by atoms with Crippen molar-refractivity contribution in [1.82, 2.24) is 5.06 Å². The molecule has 0 rings (SSSR count). The molecule has 0 aromatic rings. The second kappa shape index (κ2) is 8.28. The Bertz CT molecular complexity index is 592. The molecule has 0 heterocycles. The summed E-state index contributed by atoms with van der Waals surface area (Å²) in [5.74, 6) is -8.24. The highest BCUT2D eigenvalue weighted by Gasteiger charge is 2.38. The fraction of sp³-hybridized carbons (Fsp3) is 0.429. The van der Waals surface area contributed by atoms with Crippen LogP contribution in [0.4, 0.5) is 0 Å². The zero-order valence-electron chi connectivity index (χ0n) is 10.3. The van der Waals surface area contributed by atoms with E-state index < -0.39 is 47.0 Å². The Labute approximate surface area is 119 Å². The van der Waals surface area contributed by atoms with Gasteiger partial charge in [0.25, 0.3) is 5.78 Å². The number of rotatable bonds is 5. The van der Waals surface area contributed by atoms with Crippen molar-refractivity contribution >= 4 is 23.5 Å². The molecule has 3 amide bonds. The van der Waals surface area contributed by atoms with Gasteiger partial charge in [-0.1, -0.05) is 5.11 Å². The molecule has 4 N–H and O–H groups in total. The quantitative estimate of drug-likeness (QED) is 0.105. The fourth-order valence-corrected chi connectivity index (χ4v) is 0.936. The first kappa shape index (κ1) is 18.9. The van der Waals surface area contributed by atoms with Crippen molar-refractivity contribution in [3.8, 4) is 0 Å². The highest BCUT2D eigenvalue weighted by atomic mass is 16.5. The number of Topliss-reactive ketones (excluding diaryl/α,β-unsaturated/α-hetero) is 1.